The Kier molecular flexibility index (Phi) is 3.27. The summed E-state index contributed by atoms with van der Waals surface area (Å²) in [4.78, 5) is 15.1. The van der Waals surface area contributed by atoms with Crippen LogP contribution in [0.25, 0.3) is 0 Å². The molecule has 1 saturated heterocycles. The normalized spacial score (nSPS) is 29.5. The van der Waals surface area contributed by atoms with Gasteiger partial charge in [-0.05, 0) is 49.3 Å². The zero-order valence-corrected chi connectivity index (χ0v) is 10.9. The summed E-state index contributed by atoms with van der Waals surface area (Å²) in [6.45, 7) is 1.53. The van der Waals surface area contributed by atoms with Crippen molar-refractivity contribution in [3.8, 4) is 0 Å². The summed E-state index contributed by atoms with van der Waals surface area (Å²) in [5.74, 6) is -0.243. The summed E-state index contributed by atoms with van der Waals surface area (Å²) < 4.78 is 5.48. The van der Waals surface area contributed by atoms with Gasteiger partial charge in [0, 0.05) is 17.8 Å². The molecule has 0 radical (unpaired) electrons. The number of nitrogens with zero attached hydrogens (tertiary/aromatic N) is 1. The number of aromatic nitrogens is 1. The fourth-order valence-corrected chi connectivity index (χ4v) is 3.54. The second-order valence-corrected chi connectivity index (χ2v) is 5.77. The lowest BCUT2D eigenvalue weighted by molar-refractivity contribution is -0.145. The van der Waals surface area contributed by atoms with Gasteiger partial charge in [-0.15, -0.1) is 0 Å². The van der Waals surface area contributed by atoms with Crippen LogP contribution in [0.2, 0.25) is 0 Å². The molecule has 3 rings (SSSR count). The van der Waals surface area contributed by atoms with E-state index in [4.69, 9.17) is 9.84 Å². The van der Waals surface area contributed by atoms with Crippen LogP contribution in [-0.2, 0) is 14.9 Å². The molecule has 0 bridgehead atoms. The minimum Gasteiger partial charge on any atom is -0.481 e. The van der Waals surface area contributed by atoms with Crippen LogP contribution in [0.4, 0.5) is 0 Å². The molecular weight excluding hydrogens is 242 g/mol. The van der Waals surface area contributed by atoms with Crippen molar-refractivity contribution >= 4 is 5.97 Å². The van der Waals surface area contributed by atoms with Gasteiger partial charge in [0.25, 0.3) is 0 Å². The number of ether oxygens (including phenoxy) is 1. The van der Waals surface area contributed by atoms with E-state index < -0.39 is 5.97 Å². The molecule has 2 fully saturated rings. The number of carboxylic acid groups (broad SMARTS) is 1. The fourth-order valence-electron chi connectivity index (χ4n) is 3.54. The molecule has 0 unspecified atom stereocenters. The van der Waals surface area contributed by atoms with E-state index in [-0.39, 0.29) is 11.3 Å². The zero-order valence-electron chi connectivity index (χ0n) is 10.9. The standard InChI is InChI=1S/C15H19NO3/c17-14(18)11-1-3-12(4-2-11)15(9-19-10-15)13-5-7-16-8-6-13/h5-8,11-12H,1-4,9-10H2,(H,17,18). The number of carbonyl (C=O) groups is 1. The molecule has 0 spiro atoms. The first-order chi connectivity index (χ1) is 9.22. The van der Waals surface area contributed by atoms with E-state index in [1.165, 1.54) is 5.56 Å². The Morgan fingerprint density at radius 2 is 1.84 bits per heavy atom. The van der Waals surface area contributed by atoms with E-state index in [0.29, 0.717) is 5.92 Å². The van der Waals surface area contributed by atoms with Crippen LogP contribution < -0.4 is 0 Å². The van der Waals surface area contributed by atoms with E-state index in [0.717, 1.165) is 38.9 Å². The summed E-state index contributed by atoms with van der Waals surface area (Å²) >= 11 is 0. The quantitative estimate of drug-likeness (QED) is 0.906. The zero-order chi connectivity index (χ0) is 13.3. The molecule has 1 aliphatic heterocycles. The molecule has 0 amide bonds. The molecule has 1 N–H and O–H groups in total. The van der Waals surface area contributed by atoms with Crippen molar-refractivity contribution < 1.29 is 14.6 Å². The Bertz CT molecular complexity index is 448. The first-order valence-electron chi connectivity index (χ1n) is 6.93. The maximum absolute atomic E-state index is 11.0. The highest BCUT2D eigenvalue weighted by molar-refractivity contribution is 5.70. The van der Waals surface area contributed by atoms with Crippen LogP contribution in [-0.4, -0.2) is 29.3 Å². The number of carboxylic acids is 1. The largest absolute Gasteiger partial charge is 0.481 e. The van der Waals surface area contributed by atoms with Gasteiger partial charge in [-0.3, -0.25) is 9.78 Å². The predicted octanol–water partition coefficient (Wildman–Crippen LogP) is 2.24. The minimum absolute atomic E-state index is 0.104. The first-order valence-corrected chi connectivity index (χ1v) is 6.93. The third-order valence-corrected chi connectivity index (χ3v) is 4.83. The van der Waals surface area contributed by atoms with Crippen molar-refractivity contribution in [3.63, 3.8) is 0 Å². The minimum atomic E-state index is -0.638. The lowest BCUT2D eigenvalue weighted by atomic mass is 9.62. The van der Waals surface area contributed by atoms with Crippen LogP contribution in [0.15, 0.2) is 24.5 Å². The maximum Gasteiger partial charge on any atom is 0.306 e. The fraction of sp³-hybridized carbons (Fsp3) is 0.600. The van der Waals surface area contributed by atoms with Crippen LogP contribution in [0.3, 0.4) is 0 Å². The van der Waals surface area contributed by atoms with Crippen LogP contribution in [0.1, 0.15) is 31.2 Å². The lowest BCUT2D eigenvalue weighted by Gasteiger charge is -2.49. The van der Waals surface area contributed by atoms with Gasteiger partial charge >= 0.3 is 5.97 Å². The van der Waals surface area contributed by atoms with Gasteiger partial charge in [-0.25, -0.2) is 0 Å². The maximum atomic E-state index is 11.0. The summed E-state index contributed by atoms with van der Waals surface area (Å²) in [5.41, 5.74) is 1.40. The van der Waals surface area contributed by atoms with Crippen molar-refractivity contribution in [2.24, 2.45) is 11.8 Å². The molecule has 4 heteroatoms. The smallest absolute Gasteiger partial charge is 0.306 e. The molecule has 1 aliphatic carbocycles. The molecule has 1 saturated carbocycles. The number of hydrogen-bond acceptors (Lipinski definition) is 3. The molecule has 0 atom stereocenters. The van der Waals surface area contributed by atoms with Gasteiger partial charge in [0.1, 0.15) is 0 Å². The van der Waals surface area contributed by atoms with Crippen molar-refractivity contribution in [2.75, 3.05) is 13.2 Å². The Hall–Kier alpha value is -1.42. The van der Waals surface area contributed by atoms with Crippen LogP contribution in [0.5, 0.6) is 0 Å². The summed E-state index contributed by atoms with van der Waals surface area (Å²) in [6, 6.07) is 4.15. The van der Waals surface area contributed by atoms with Gasteiger partial charge < -0.3 is 9.84 Å². The SMILES string of the molecule is O=C(O)C1CCC(C2(c3ccncc3)COC2)CC1. The van der Waals surface area contributed by atoms with E-state index in [2.05, 4.69) is 17.1 Å². The van der Waals surface area contributed by atoms with E-state index in [1.807, 2.05) is 12.4 Å². The molecular formula is C15H19NO3. The van der Waals surface area contributed by atoms with E-state index in [9.17, 15) is 4.79 Å². The molecule has 4 nitrogen and oxygen atoms in total. The second-order valence-electron chi connectivity index (χ2n) is 5.77. The van der Waals surface area contributed by atoms with Gasteiger partial charge in [0.15, 0.2) is 0 Å². The van der Waals surface area contributed by atoms with E-state index >= 15 is 0 Å². The second kappa shape index (κ2) is 4.93. The van der Waals surface area contributed by atoms with Crippen molar-refractivity contribution in [3.05, 3.63) is 30.1 Å². The molecule has 1 aromatic heterocycles. The summed E-state index contributed by atoms with van der Waals surface area (Å²) in [6.07, 6.45) is 7.24. The third kappa shape index (κ3) is 2.14. The van der Waals surface area contributed by atoms with Gasteiger partial charge in [-0.1, -0.05) is 0 Å². The lowest BCUT2D eigenvalue weighted by Crippen LogP contribution is -2.53. The molecule has 2 heterocycles. The Morgan fingerprint density at radius 1 is 1.21 bits per heavy atom. The van der Waals surface area contributed by atoms with Gasteiger partial charge in [-0.2, -0.15) is 0 Å². The molecule has 102 valence electrons. The van der Waals surface area contributed by atoms with Crippen molar-refractivity contribution in [1.82, 2.24) is 4.98 Å². The third-order valence-electron chi connectivity index (χ3n) is 4.83. The number of rotatable bonds is 3. The van der Waals surface area contributed by atoms with Gasteiger partial charge in [0.2, 0.25) is 0 Å². The number of pyridine rings is 1. The molecule has 1 aromatic rings. The van der Waals surface area contributed by atoms with Crippen molar-refractivity contribution in [1.29, 1.82) is 0 Å². The monoisotopic (exact) mass is 261 g/mol. The Labute approximate surface area is 112 Å². The summed E-state index contributed by atoms with van der Waals surface area (Å²) in [5, 5.41) is 9.08. The van der Waals surface area contributed by atoms with Crippen molar-refractivity contribution in [2.45, 2.75) is 31.1 Å². The van der Waals surface area contributed by atoms with Gasteiger partial charge in [0.05, 0.1) is 19.1 Å². The summed E-state index contributed by atoms with van der Waals surface area (Å²) in [7, 11) is 0. The highest BCUT2D eigenvalue weighted by Gasteiger charge is 2.48. The van der Waals surface area contributed by atoms with Crippen LogP contribution in [0, 0.1) is 11.8 Å². The number of aliphatic carboxylic acids is 1. The number of hydrogen-bond donors (Lipinski definition) is 1. The highest BCUT2D eigenvalue weighted by Crippen LogP contribution is 2.46. The Morgan fingerprint density at radius 3 is 2.32 bits per heavy atom. The van der Waals surface area contributed by atoms with Crippen LogP contribution >= 0.6 is 0 Å². The molecule has 0 aromatic carbocycles. The average Bonchev–Trinajstić information content (AvgIpc) is 2.39. The topological polar surface area (TPSA) is 59.4 Å². The first kappa shape index (κ1) is 12.6. The predicted molar refractivity (Wildman–Crippen MR) is 69.8 cm³/mol. The Balaban J connectivity index is 1.76. The average molecular weight is 261 g/mol. The molecule has 19 heavy (non-hydrogen) atoms. The van der Waals surface area contributed by atoms with E-state index in [1.54, 1.807) is 0 Å². The highest BCUT2D eigenvalue weighted by atomic mass is 16.5. The molecule has 2 aliphatic rings.